The summed E-state index contributed by atoms with van der Waals surface area (Å²) in [5, 5.41) is 12.1. The van der Waals surface area contributed by atoms with Crippen LogP contribution in [-0.2, 0) is 6.54 Å². The Labute approximate surface area is 172 Å². The molecule has 0 fully saturated rings. The van der Waals surface area contributed by atoms with Crippen LogP contribution in [0.2, 0.25) is 0 Å². The molecule has 0 radical (unpaired) electrons. The maximum Gasteiger partial charge on any atom is 0.259 e. The smallest absolute Gasteiger partial charge is 0.259 e. The second kappa shape index (κ2) is 7.70. The molecule has 3 heterocycles. The van der Waals surface area contributed by atoms with E-state index in [0.29, 0.717) is 27.9 Å². The number of fused-ring (bicyclic) bond motifs is 1. The van der Waals surface area contributed by atoms with Crippen LogP contribution in [0.5, 0.6) is 0 Å². The lowest BCUT2D eigenvalue weighted by molar-refractivity contribution is 0.0941. The summed E-state index contributed by atoms with van der Waals surface area (Å²) in [7, 11) is 0. The summed E-state index contributed by atoms with van der Waals surface area (Å²) in [4.78, 5) is 17.6. The molecule has 8 heteroatoms. The Morgan fingerprint density at radius 3 is 2.67 bits per heavy atom. The zero-order chi connectivity index (χ0) is 21.4. The second-order valence-corrected chi connectivity index (χ2v) is 7.25. The van der Waals surface area contributed by atoms with E-state index in [1.807, 2.05) is 31.6 Å². The van der Waals surface area contributed by atoms with Crippen LogP contribution in [0.1, 0.15) is 47.2 Å². The Bertz CT molecular complexity index is 1230. The number of pyridine rings is 1. The van der Waals surface area contributed by atoms with Gasteiger partial charge in [-0.3, -0.25) is 9.48 Å². The van der Waals surface area contributed by atoms with Crippen LogP contribution in [0, 0.1) is 19.7 Å². The average molecular weight is 407 g/mol. The minimum Gasteiger partial charge on any atom is -0.345 e. The molecule has 1 unspecified atom stereocenters. The van der Waals surface area contributed by atoms with E-state index in [9.17, 15) is 9.18 Å². The van der Waals surface area contributed by atoms with E-state index < -0.39 is 0 Å². The number of hydrogen-bond acceptors (Lipinski definition) is 5. The number of carbonyl (C=O) groups excluding carboxylic acids is 1. The highest BCUT2D eigenvalue weighted by molar-refractivity contribution is 6.09. The molecule has 154 valence electrons. The molecule has 0 aliphatic heterocycles. The van der Waals surface area contributed by atoms with Crippen LogP contribution in [0.25, 0.3) is 22.4 Å². The number of halogens is 1. The largest absolute Gasteiger partial charge is 0.345 e. The molecule has 0 bridgehead atoms. The zero-order valence-corrected chi connectivity index (χ0v) is 17.2. The summed E-state index contributed by atoms with van der Waals surface area (Å²) in [6, 6.07) is 7.34. The molecular formula is C22H22FN5O2. The minimum atomic E-state index is -0.352. The third kappa shape index (κ3) is 3.56. The predicted octanol–water partition coefficient (Wildman–Crippen LogP) is 4.35. The fourth-order valence-corrected chi connectivity index (χ4v) is 3.53. The molecule has 0 saturated heterocycles. The topological polar surface area (TPSA) is 85.8 Å². The molecule has 4 rings (SSSR count). The van der Waals surface area contributed by atoms with Crippen molar-refractivity contribution in [2.75, 3.05) is 0 Å². The van der Waals surface area contributed by atoms with E-state index in [1.54, 1.807) is 25.1 Å². The highest BCUT2D eigenvalue weighted by Gasteiger charge is 2.23. The monoisotopic (exact) mass is 407 g/mol. The molecule has 0 saturated carbocycles. The van der Waals surface area contributed by atoms with Gasteiger partial charge in [-0.25, -0.2) is 9.37 Å². The minimum absolute atomic E-state index is 0.240. The first-order valence-electron chi connectivity index (χ1n) is 9.75. The maximum atomic E-state index is 13.3. The molecule has 1 amide bonds. The fourth-order valence-electron chi connectivity index (χ4n) is 3.53. The van der Waals surface area contributed by atoms with Crippen LogP contribution >= 0.6 is 0 Å². The molecule has 7 nitrogen and oxygen atoms in total. The highest BCUT2D eigenvalue weighted by Crippen LogP contribution is 2.31. The number of carbonyl (C=O) groups is 1. The van der Waals surface area contributed by atoms with Crippen molar-refractivity contribution in [3.05, 3.63) is 64.9 Å². The van der Waals surface area contributed by atoms with E-state index in [0.717, 1.165) is 17.8 Å². The van der Waals surface area contributed by atoms with Gasteiger partial charge in [-0.1, -0.05) is 5.16 Å². The van der Waals surface area contributed by atoms with Gasteiger partial charge in [0.25, 0.3) is 11.6 Å². The standard InChI is InChI=1S/C22H22FN5O2/c1-5-28-11-18(14(4)26-28)13(3)25-21(29)17-10-12(2)24-22-19(17)20(27-30-22)15-6-8-16(23)9-7-15/h6-11,13H,5H2,1-4H3,(H,25,29). The number of nitrogens with one attached hydrogen (secondary N) is 1. The van der Waals surface area contributed by atoms with E-state index >= 15 is 0 Å². The molecule has 4 aromatic rings. The summed E-state index contributed by atoms with van der Waals surface area (Å²) >= 11 is 0. The Kier molecular flexibility index (Phi) is 5.07. The van der Waals surface area contributed by atoms with Gasteiger partial charge in [0.05, 0.1) is 22.7 Å². The normalized spacial score (nSPS) is 12.3. The van der Waals surface area contributed by atoms with Gasteiger partial charge < -0.3 is 9.84 Å². The summed E-state index contributed by atoms with van der Waals surface area (Å²) < 4.78 is 20.6. The Morgan fingerprint density at radius 1 is 1.27 bits per heavy atom. The molecule has 3 aromatic heterocycles. The van der Waals surface area contributed by atoms with Gasteiger partial charge >= 0.3 is 0 Å². The number of benzene rings is 1. The first-order chi connectivity index (χ1) is 14.4. The van der Waals surface area contributed by atoms with Gasteiger partial charge in [-0.05, 0) is 58.0 Å². The summed E-state index contributed by atoms with van der Waals surface area (Å²) in [5.41, 5.74) is 4.23. The molecule has 1 atom stereocenters. The third-order valence-corrected chi connectivity index (χ3v) is 5.06. The molecule has 0 aliphatic rings. The van der Waals surface area contributed by atoms with Crippen molar-refractivity contribution in [1.29, 1.82) is 0 Å². The highest BCUT2D eigenvalue weighted by atomic mass is 19.1. The summed E-state index contributed by atoms with van der Waals surface area (Å²) in [6.07, 6.45) is 1.94. The molecular weight excluding hydrogens is 385 g/mol. The van der Waals surface area contributed by atoms with Gasteiger partial charge in [-0.15, -0.1) is 0 Å². The number of hydrogen-bond donors (Lipinski definition) is 1. The lowest BCUT2D eigenvalue weighted by Gasteiger charge is -2.14. The van der Waals surface area contributed by atoms with E-state index in [-0.39, 0.29) is 23.5 Å². The van der Waals surface area contributed by atoms with Gasteiger partial charge in [0.15, 0.2) is 0 Å². The summed E-state index contributed by atoms with van der Waals surface area (Å²) in [5.74, 6) is -0.622. The first kappa shape index (κ1) is 19.8. The van der Waals surface area contributed by atoms with Crippen LogP contribution in [0.4, 0.5) is 4.39 Å². The van der Waals surface area contributed by atoms with Crippen LogP contribution in [0.15, 0.2) is 41.1 Å². The number of aryl methyl sites for hydroxylation is 3. The number of amides is 1. The Morgan fingerprint density at radius 2 is 2.00 bits per heavy atom. The second-order valence-electron chi connectivity index (χ2n) is 7.25. The van der Waals surface area contributed by atoms with Crippen molar-refractivity contribution in [1.82, 2.24) is 25.2 Å². The van der Waals surface area contributed by atoms with Crippen LogP contribution < -0.4 is 5.32 Å². The Hall–Kier alpha value is -3.55. The Balaban J connectivity index is 1.73. The lowest BCUT2D eigenvalue weighted by atomic mass is 10.0. The third-order valence-electron chi connectivity index (χ3n) is 5.06. The fraction of sp³-hybridized carbons (Fsp3) is 0.273. The molecule has 0 spiro atoms. The average Bonchev–Trinajstić information content (AvgIpc) is 3.31. The van der Waals surface area contributed by atoms with E-state index in [2.05, 4.69) is 20.6 Å². The number of aromatic nitrogens is 4. The van der Waals surface area contributed by atoms with E-state index in [1.165, 1.54) is 12.1 Å². The zero-order valence-electron chi connectivity index (χ0n) is 17.2. The van der Waals surface area contributed by atoms with Crippen molar-refractivity contribution in [2.45, 2.75) is 40.3 Å². The van der Waals surface area contributed by atoms with Crippen LogP contribution in [0.3, 0.4) is 0 Å². The van der Waals surface area contributed by atoms with Gasteiger partial charge in [-0.2, -0.15) is 5.10 Å². The first-order valence-corrected chi connectivity index (χ1v) is 9.75. The molecule has 1 N–H and O–H groups in total. The quantitative estimate of drug-likeness (QED) is 0.531. The van der Waals surface area contributed by atoms with Crippen molar-refractivity contribution >= 4 is 17.0 Å². The molecule has 0 aliphatic carbocycles. The number of rotatable bonds is 5. The van der Waals surface area contributed by atoms with Crippen molar-refractivity contribution in [2.24, 2.45) is 0 Å². The molecule has 30 heavy (non-hydrogen) atoms. The van der Waals surface area contributed by atoms with Crippen LogP contribution in [-0.4, -0.2) is 25.8 Å². The van der Waals surface area contributed by atoms with Crippen molar-refractivity contribution < 1.29 is 13.7 Å². The van der Waals surface area contributed by atoms with Gasteiger partial charge in [0.1, 0.15) is 11.5 Å². The SMILES string of the molecule is CCn1cc(C(C)NC(=O)c2cc(C)nc3onc(-c4ccc(F)cc4)c23)c(C)n1. The van der Waals surface area contributed by atoms with Crippen molar-refractivity contribution in [3.8, 4) is 11.3 Å². The predicted molar refractivity (Wildman–Crippen MR) is 110 cm³/mol. The van der Waals surface area contributed by atoms with E-state index in [4.69, 9.17) is 4.52 Å². The van der Waals surface area contributed by atoms with Gasteiger partial charge in [0, 0.05) is 29.6 Å². The molecule has 1 aromatic carbocycles. The van der Waals surface area contributed by atoms with Crippen molar-refractivity contribution in [3.63, 3.8) is 0 Å². The number of nitrogens with zero attached hydrogens (tertiary/aromatic N) is 4. The summed E-state index contributed by atoms with van der Waals surface area (Å²) in [6.45, 7) is 8.40. The maximum absolute atomic E-state index is 13.3. The lowest BCUT2D eigenvalue weighted by Crippen LogP contribution is -2.27. The van der Waals surface area contributed by atoms with Gasteiger partial charge in [0.2, 0.25) is 0 Å².